The van der Waals surface area contributed by atoms with E-state index >= 15 is 0 Å². The van der Waals surface area contributed by atoms with E-state index in [1.807, 2.05) is 30.3 Å². The van der Waals surface area contributed by atoms with Crippen LogP contribution in [0.1, 0.15) is 11.1 Å². The van der Waals surface area contributed by atoms with E-state index < -0.39 is 0 Å². The Kier molecular flexibility index (Phi) is 4.06. The van der Waals surface area contributed by atoms with Crippen LogP contribution in [0.15, 0.2) is 83.8 Å². The highest BCUT2D eigenvalue weighted by molar-refractivity contribution is 6.03. The number of H-pyrrole nitrogens is 1. The molecular formula is C26H20N4O. The Bertz CT molecular complexity index is 1500. The van der Waals surface area contributed by atoms with Gasteiger partial charge in [0, 0.05) is 24.8 Å². The zero-order chi connectivity index (χ0) is 20.8. The number of nitrogens with zero attached hydrogens (tertiary/aromatic N) is 3. The summed E-state index contributed by atoms with van der Waals surface area (Å²) >= 11 is 0. The van der Waals surface area contributed by atoms with Gasteiger partial charge in [-0.2, -0.15) is 4.98 Å². The minimum Gasteiger partial charge on any atom is -0.338 e. The fraction of sp³-hybridized carbons (Fsp3) is 0.115. The number of aromatic nitrogens is 3. The van der Waals surface area contributed by atoms with Crippen molar-refractivity contribution < 1.29 is 0 Å². The Morgan fingerprint density at radius 3 is 2.58 bits per heavy atom. The third-order valence-electron chi connectivity index (χ3n) is 6.11. The summed E-state index contributed by atoms with van der Waals surface area (Å²) < 4.78 is 0. The van der Waals surface area contributed by atoms with Crippen LogP contribution in [0.5, 0.6) is 0 Å². The van der Waals surface area contributed by atoms with Crippen LogP contribution in [0.3, 0.4) is 0 Å². The number of anilines is 1. The highest BCUT2D eigenvalue weighted by atomic mass is 16.1. The van der Waals surface area contributed by atoms with Crippen molar-refractivity contribution >= 4 is 27.8 Å². The fourth-order valence-electron chi connectivity index (χ4n) is 4.56. The minimum absolute atomic E-state index is 0.158. The topological polar surface area (TPSA) is 61.9 Å². The van der Waals surface area contributed by atoms with Gasteiger partial charge in [-0.1, -0.05) is 66.7 Å². The molecule has 1 N–H and O–H groups in total. The van der Waals surface area contributed by atoms with E-state index in [1.54, 1.807) is 6.20 Å². The number of rotatable bonds is 2. The van der Waals surface area contributed by atoms with Gasteiger partial charge >= 0.3 is 0 Å². The Morgan fingerprint density at radius 1 is 0.839 bits per heavy atom. The summed E-state index contributed by atoms with van der Waals surface area (Å²) in [5.41, 5.74) is 4.81. The van der Waals surface area contributed by atoms with Crippen LogP contribution in [0, 0.1) is 0 Å². The quantitative estimate of drug-likeness (QED) is 0.463. The summed E-state index contributed by atoms with van der Waals surface area (Å²) in [7, 11) is 0. The smallest absolute Gasteiger partial charge is 0.262 e. The SMILES string of the molecule is O=c1[nH]c(N2CCc3ccccc3C2)nc2nccc(-c3cccc4ccccc34)c12. The molecule has 0 fully saturated rings. The van der Waals surface area contributed by atoms with Crippen molar-refractivity contribution in [2.24, 2.45) is 0 Å². The molecule has 3 aromatic carbocycles. The predicted octanol–water partition coefficient (Wildman–Crippen LogP) is 4.70. The number of hydrogen-bond acceptors (Lipinski definition) is 4. The summed E-state index contributed by atoms with van der Waals surface area (Å²) in [6.07, 6.45) is 2.67. The molecule has 3 heterocycles. The van der Waals surface area contributed by atoms with Crippen LogP contribution in [-0.4, -0.2) is 21.5 Å². The predicted molar refractivity (Wildman–Crippen MR) is 124 cm³/mol. The molecule has 1 aliphatic heterocycles. The Morgan fingerprint density at radius 2 is 1.65 bits per heavy atom. The van der Waals surface area contributed by atoms with Crippen LogP contribution in [0.25, 0.3) is 32.9 Å². The normalized spacial score (nSPS) is 13.5. The molecule has 0 saturated heterocycles. The Labute approximate surface area is 179 Å². The van der Waals surface area contributed by atoms with Gasteiger partial charge in [0.2, 0.25) is 5.95 Å². The first-order chi connectivity index (χ1) is 15.3. The molecule has 0 radical (unpaired) electrons. The Balaban J connectivity index is 1.49. The van der Waals surface area contributed by atoms with Gasteiger partial charge in [0.25, 0.3) is 5.56 Å². The first-order valence-electron chi connectivity index (χ1n) is 10.5. The lowest BCUT2D eigenvalue weighted by Crippen LogP contribution is -2.33. The zero-order valence-corrected chi connectivity index (χ0v) is 16.9. The summed E-state index contributed by atoms with van der Waals surface area (Å²) in [5.74, 6) is 0.578. The van der Waals surface area contributed by atoms with Gasteiger partial charge in [-0.05, 0) is 39.9 Å². The van der Waals surface area contributed by atoms with Crippen molar-refractivity contribution in [1.82, 2.24) is 15.0 Å². The van der Waals surface area contributed by atoms with E-state index in [1.165, 1.54) is 11.1 Å². The van der Waals surface area contributed by atoms with Crippen molar-refractivity contribution in [3.05, 3.63) is 100 Å². The van der Waals surface area contributed by atoms with Crippen molar-refractivity contribution in [1.29, 1.82) is 0 Å². The summed E-state index contributed by atoms with van der Waals surface area (Å²) in [6.45, 7) is 1.54. The van der Waals surface area contributed by atoms with E-state index in [-0.39, 0.29) is 5.56 Å². The van der Waals surface area contributed by atoms with Crippen molar-refractivity contribution in [3.63, 3.8) is 0 Å². The number of hydrogen-bond donors (Lipinski definition) is 1. The third-order valence-corrected chi connectivity index (χ3v) is 6.11. The molecule has 5 nitrogen and oxygen atoms in total. The highest BCUT2D eigenvalue weighted by Crippen LogP contribution is 2.32. The summed E-state index contributed by atoms with van der Waals surface area (Å²) in [6, 6.07) is 24.7. The van der Waals surface area contributed by atoms with Gasteiger partial charge in [0.05, 0.1) is 5.39 Å². The molecule has 0 aliphatic carbocycles. The van der Waals surface area contributed by atoms with E-state index in [0.29, 0.717) is 17.0 Å². The second-order valence-electron chi connectivity index (χ2n) is 7.91. The van der Waals surface area contributed by atoms with Crippen LogP contribution in [-0.2, 0) is 13.0 Å². The largest absolute Gasteiger partial charge is 0.338 e. The summed E-state index contributed by atoms with van der Waals surface area (Å²) in [5, 5.41) is 2.77. The van der Waals surface area contributed by atoms with E-state index in [0.717, 1.165) is 41.4 Å². The molecule has 5 heteroatoms. The monoisotopic (exact) mass is 404 g/mol. The van der Waals surface area contributed by atoms with Crippen molar-refractivity contribution in [3.8, 4) is 11.1 Å². The van der Waals surface area contributed by atoms with Crippen LogP contribution in [0.2, 0.25) is 0 Å². The molecule has 5 aromatic rings. The molecule has 150 valence electrons. The highest BCUT2D eigenvalue weighted by Gasteiger charge is 2.20. The second kappa shape index (κ2) is 7.06. The van der Waals surface area contributed by atoms with Gasteiger partial charge in [0.15, 0.2) is 5.65 Å². The number of benzene rings is 3. The lowest BCUT2D eigenvalue weighted by molar-refractivity contribution is 0.708. The average Bonchev–Trinajstić information content (AvgIpc) is 2.83. The molecule has 0 atom stereocenters. The molecule has 0 spiro atoms. The van der Waals surface area contributed by atoms with E-state index in [9.17, 15) is 4.79 Å². The second-order valence-corrected chi connectivity index (χ2v) is 7.91. The zero-order valence-electron chi connectivity index (χ0n) is 16.9. The first kappa shape index (κ1) is 17.8. The lowest BCUT2D eigenvalue weighted by atomic mass is 9.97. The average molecular weight is 404 g/mol. The summed E-state index contributed by atoms with van der Waals surface area (Å²) in [4.78, 5) is 27.6. The maximum atomic E-state index is 13.3. The number of fused-ring (bicyclic) bond motifs is 3. The first-order valence-corrected chi connectivity index (χ1v) is 10.5. The van der Waals surface area contributed by atoms with Gasteiger partial charge < -0.3 is 4.90 Å². The fourth-order valence-corrected chi connectivity index (χ4v) is 4.56. The molecule has 1 aliphatic rings. The molecule has 31 heavy (non-hydrogen) atoms. The van der Waals surface area contributed by atoms with Crippen molar-refractivity contribution in [2.75, 3.05) is 11.4 Å². The van der Waals surface area contributed by atoms with E-state index in [2.05, 4.69) is 57.3 Å². The van der Waals surface area contributed by atoms with E-state index in [4.69, 9.17) is 4.98 Å². The third kappa shape index (κ3) is 2.97. The minimum atomic E-state index is -0.158. The van der Waals surface area contributed by atoms with Crippen LogP contribution in [0.4, 0.5) is 5.95 Å². The Hall–Kier alpha value is -3.99. The number of nitrogens with one attached hydrogen (secondary N) is 1. The molecule has 2 aromatic heterocycles. The van der Waals surface area contributed by atoms with Gasteiger partial charge in [-0.15, -0.1) is 0 Å². The maximum Gasteiger partial charge on any atom is 0.262 e. The molecule has 0 unspecified atom stereocenters. The van der Waals surface area contributed by atoms with Gasteiger partial charge in [0.1, 0.15) is 0 Å². The van der Waals surface area contributed by atoms with Crippen LogP contribution < -0.4 is 10.5 Å². The standard InChI is InChI=1S/C26H20N4O/c31-25-23-22(21-11-5-9-18-7-3-4-10-20(18)21)12-14-27-24(23)28-26(29-25)30-15-13-17-6-1-2-8-19(17)16-30/h1-12,14H,13,15-16H2,(H,27,28,29,31). The van der Waals surface area contributed by atoms with Gasteiger partial charge in [-0.3, -0.25) is 9.78 Å². The number of aromatic amines is 1. The molecule has 6 rings (SSSR count). The molecule has 0 saturated carbocycles. The van der Waals surface area contributed by atoms with Crippen molar-refractivity contribution in [2.45, 2.75) is 13.0 Å². The maximum absolute atomic E-state index is 13.3. The molecular weight excluding hydrogens is 384 g/mol. The van der Waals surface area contributed by atoms with Gasteiger partial charge in [-0.25, -0.2) is 4.98 Å². The molecule has 0 bridgehead atoms. The number of pyridine rings is 1. The van der Waals surface area contributed by atoms with Crippen LogP contribution >= 0.6 is 0 Å². The lowest BCUT2D eigenvalue weighted by Gasteiger charge is -2.29. The molecule has 0 amide bonds.